The van der Waals surface area contributed by atoms with Gasteiger partial charge in [0, 0.05) is 12.8 Å². The van der Waals surface area contributed by atoms with Gasteiger partial charge in [0.2, 0.25) is 5.91 Å². The third-order valence-corrected chi connectivity index (χ3v) is 3.66. The molecule has 1 saturated heterocycles. The average molecular weight is 268 g/mol. The molecule has 1 heterocycles. The van der Waals surface area contributed by atoms with Crippen molar-refractivity contribution in [2.75, 3.05) is 13.1 Å². The van der Waals surface area contributed by atoms with E-state index in [0.717, 1.165) is 25.9 Å². The average Bonchev–Trinajstić information content (AvgIpc) is 2.83. The molecule has 0 aromatic heterocycles. The Morgan fingerprint density at radius 2 is 1.89 bits per heavy atom. The Balaban J connectivity index is 1.88. The van der Waals surface area contributed by atoms with Crippen LogP contribution >= 0.6 is 0 Å². The molecule has 1 aliphatic heterocycles. The molecule has 2 N–H and O–H groups in total. The third kappa shape index (κ3) is 7.31. The van der Waals surface area contributed by atoms with E-state index in [4.69, 9.17) is 0 Å². The molecule has 4 heteroatoms. The fraction of sp³-hybridized carbons (Fsp3) is 0.867. The maximum absolute atomic E-state index is 11.8. The lowest BCUT2D eigenvalue weighted by Gasteiger charge is -2.08. The minimum atomic E-state index is -0.187. The normalized spacial score (nSPS) is 18.6. The summed E-state index contributed by atoms with van der Waals surface area (Å²) in [6, 6.07) is -0.187. The maximum atomic E-state index is 11.8. The van der Waals surface area contributed by atoms with Gasteiger partial charge in [-0.25, -0.2) is 0 Å². The predicted molar refractivity (Wildman–Crippen MR) is 77.0 cm³/mol. The van der Waals surface area contributed by atoms with Gasteiger partial charge in [0.1, 0.15) is 0 Å². The number of carbonyl (C=O) groups is 2. The SMILES string of the molecule is CCNCCCCCCCCC(=O)C1CCC(=O)N1. The number of rotatable bonds is 11. The first kappa shape index (κ1) is 16.2. The van der Waals surface area contributed by atoms with Gasteiger partial charge in [0.25, 0.3) is 0 Å². The number of hydrogen-bond acceptors (Lipinski definition) is 3. The topological polar surface area (TPSA) is 58.2 Å². The van der Waals surface area contributed by atoms with Gasteiger partial charge in [0.15, 0.2) is 5.78 Å². The zero-order valence-electron chi connectivity index (χ0n) is 12.2. The van der Waals surface area contributed by atoms with Crippen molar-refractivity contribution in [1.82, 2.24) is 10.6 Å². The number of ketones is 1. The van der Waals surface area contributed by atoms with Crippen LogP contribution in [0.4, 0.5) is 0 Å². The molecule has 1 unspecified atom stereocenters. The number of amides is 1. The van der Waals surface area contributed by atoms with Gasteiger partial charge >= 0.3 is 0 Å². The number of unbranched alkanes of at least 4 members (excludes halogenated alkanes) is 5. The first-order valence-corrected chi connectivity index (χ1v) is 7.77. The standard InChI is InChI=1S/C15H28N2O2/c1-2-16-12-8-6-4-3-5-7-9-14(18)13-10-11-15(19)17-13/h13,16H,2-12H2,1H3,(H,17,19). The molecule has 1 fully saturated rings. The quantitative estimate of drug-likeness (QED) is 0.565. The zero-order valence-corrected chi connectivity index (χ0v) is 12.2. The first-order valence-electron chi connectivity index (χ1n) is 7.77. The van der Waals surface area contributed by atoms with Gasteiger partial charge in [-0.1, -0.05) is 32.6 Å². The van der Waals surface area contributed by atoms with Crippen molar-refractivity contribution in [2.24, 2.45) is 0 Å². The van der Waals surface area contributed by atoms with Gasteiger partial charge in [-0.15, -0.1) is 0 Å². The van der Waals surface area contributed by atoms with Crippen molar-refractivity contribution in [3.8, 4) is 0 Å². The Bertz CT molecular complexity index is 279. The van der Waals surface area contributed by atoms with Crippen LogP contribution in [0.25, 0.3) is 0 Å². The van der Waals surface area contributed by atoms with Crippen LogP contribution in [0.1, 0.15) is 64.7 Å². The summed E-state index contributed by atoms with van der Waals surface area (Å²) in [5, 5.41) is 6.06. The molecule has 0 aromatic carbocycles. The molecule has 1 amide bonds. The number of carbonyl (C=O) groups excluding carboxylic acids is 2. The highest BCUT2D eigenvalue weighted by Gasteiger charge is 2.26. The van der Waals surface area contributed by atoms with Crippen LogP contribution in [-0.2, 0) is 9.59 Å². The lowest BCUT2D eigenvalue weighted by atomic mass is 10.0. The molecule has 0 radical (unpaired) electrons. The van der Waals surface area contributed by atoms with E-state index in [2.05, 4.69) is 17.6 Å². The highest BCUT2D eigenvalue weighted by atomic mass is 16.2. The van der Waals surface area contributed by atoms with Crippen LogP contribution in [-0.4, -0.2) is 30.8 Å². The van der Waals surface area contributed by atoms with E-state index in [9.17, 15) is 9.59 Å². The number of hydrogen-bond donors (Lipinski definition) is 2. The lowest BCUT2D eigenvalue weighted by Crippen LogP contribution is -2.32. The van der Waals surface area contributed by atoms with E-state index >= 15 is 0 Å². The number of Topliss-reactive ketones (excluding diaryl/α,β-unsaturated/α-hetero) is 1. The molecule has 4 nitrogen and oxygen atoms in total. The Labute approximate surface area is 116 Å². The van der Waals surface area contributed by atoms with E-state index in [0.29, 0.717) is 19.3 Å². The van der Waals surface area contributed by atoms with Crippen LogP contribution in [0, 0.1) is 0 Å². The van der Waals surface area contributed by atoms with E-state index in [-0.39, 0.29) is 17.7 Å². The Morgan fingerprint density at radius 1 is 1.21 bits per heavy atom. The molecule has 0 bridgehead atoms. The molecule has 1 aliphatic rings. The summed E-state index contributed by atoms with van der Waals surface area (Å²) >= 11 is 0. The third-order valence-electron chi connectivity index (χ3n) is 3.66. The van der Waals surface area contributed by atoms with E-state index in [1.807, 2.05) is 0 Å². The molecule has 0 aromatic rings. The van der Waals surface area contributed by atoms with Crippen molar-refractivity contribution in [2.45, 2.75) is 70.8 Å². The second kappa shape index (κ2) is 9.96. The molecule has 1 atom stereocenters. The molecule has 0 saturated carbocycles. The van der Waals surface area contributed by atoms with Gasteiger partial charge in [0.05, 0.1) is 6.04 Å². The van der Waals surface area contributed by atoms with Crippen molar-refractivity contribution < 1.29 is 9.59 Å². The largest absolute Gasteiger partial charge is 0.346 e. The van der Waals surface area contributed by atoms with Gasteiger partial charge in [-0.3, -0.25) is 9.59 Å². The van der Waals surface area contributed by atoms with Crippen molar-refractivity contribution in [3.63, 3.8) is 0 Å². The number of nitrogens with one attached hydrogen (secondary N) is 2. The summed E-state index contributed by atoms with van der Waals surface area (Å²) in [5.41, 5.74) is 0. The van der Waals surface area contributed by atoms with E-state index < -0.39 is 0 Å². The van der Waals surface area contributed by atoms with Crippen LogP contribution in [0.15, 0.2) is 0 Å². The predicted octanol–water partition coefficient (Wildman–Crippen LogP) is 2.17. The second-order valence-corrected chi connectivity index (χ2v) is 5.35. The van der Waals surface area contributed by atoms with Crippen LogP contribution in [0.3, 0.4) is 0 Å². The highest BCUT2D eigenvalue weighted by molar-refractivity contribution is 5.91. The molecular formula is C15H28N2O2. The summed E-state index contributed by atoms with van der Waals surface area (Å²) < 4.78 is 0. The smallest absolute Gasteiger partial charge is 0.220 e. The monoisotopic (exact) mass is 268 g/mol. The van der Waals surface area contributed by atoms with Crippen LogP contribution in [0.2, 0.25) is 0 Å². The molecule has 19 heavy (non-hydrogen) atoms. The molecule has 1 rings (SSSR count). The second-order valence-electron chi connectivity index (χ2n) is 5.35. The first-order chi connectivity index (χ1) is 9.24. The maximum Gasteiger partial charge on any atom is 0.220 e. The van der Waals surface area contributed by atoms with Crippen LogP contribution in [0.5, 0.6) is 0 Å². The summed E-state index contributed by atoms with van der Waals surface area (Å²) in [6.07, 6.45) is 8.95. The van der Waals surface area contributed by atoms with Crippen molar-refractivity contribution >= 4 is 11.7 Å². The Hall–Kier alpha value is -0.900. The molecule has 0 spiro atoms. The Morgan fingerprint density at radius 3 is 2.53 bits per heavy atom. The molecule has 110 valence electrons. The highest BCUT2D eigenvalue weighted by Crippen LogP contribution is 2.12. The minimum Gasteiger partial charge on any atom is -0.346 e. The van der Waals surface area contributed by atoms with Gasteiger partial charge in [-0.2, -0.15) is 0 Å². The van der Waals surface area contributed by atoms with Crippen LogP contribution < -0.4 is 10.6 Å². The summed E-state index contributed by atoms with van der Waals surface area (Å²) in [7, 11) is 0. The van der Waals surface area contributed by atoms with Crippen molar-refractivity contribution in [3.05, 3.63) is 0 Å². The fourth-order valence-corrected chi connectivity index (χ4v) is 2.46. The summed E-state index contributed by atoms with van der Waals surface area (Å²) in [4.78, 5) is 22.8. The van der Waals surface area contributed by atoms with Crippen molar-refractivity contribution in [1.29, 1.82) is 0 Å². The van der Waals surface area contributed by atoms with E-state index in [1.165, 1.54) is 25.7 Å². The summed E-state index contributed by atoms with van der Waals surface area (Å²) in [6.45, 7) is 4.31. The minimum absolute atomic E-state index is 0.0269. The Kier molecular flexibility index (Phi) is 8.47. The zero-order chi connectivity index (χ0) is 13.9. The van der Waals surface area contributed by atoms with Gasteiger partial charge in [-0.05, 0) is 32.4 Å². The van der Waals surface area contributed by atoms with E-state index in [1.54, 1.807) is 0 Å². The molecule has 0 aliphatic carbocycles. The summed E-state index contributed by atoms with van der Waals surface area (Å²) in [5.74, 6) is 0.247. The molecular weight excluding hydrogens is 240 g/mol. The lowest BCUT2D eigenvalue weighted by molar-refractivity contribution is -0.124. The van der Waals surface area contributed by atoms with Gasteiger partial charge < -0.3 is 10.6 Å². The fourth-order valence-electron chi connectivity index (χ4n) is 2.46.